The fraction of sp³-hybridized carbons (Fsp3) is 0.200. The quantitative estimate of drug-likeness (QED) is 0.743. The highest BCUT2D eigenvalue weighted by molar-refractivity contribution is 8.01. The van der Waals surface area contributed by atoms with Gasteiger partial charge in [0.2, 0.25) is 0 Å². The first kappa shape index (κ1) is 13.4. The summed E-state index contributed by atoms with van der Waals surface area (Å²) in [6.45, 7) is 3.09. The fourth-order valence-corrected chi connectivity index (χ4v) is 3.81. The van der Waals surface area contributed by atoms with Gasteiger partial charge >= 0.3 is 0 Å². The number of thiazole rings is 1. The van der Waals surface area contributed by atoms with E-state index in [1.807, 2.05) is 36.4 Å². The van der Waals surface area contributed by atoms with Gasteiger partial charge in [0.05, 0.1) is 10.2 Å². The standard InChI is InChI=1S/C15H15N3S2/c1-2-10-16-13-8-5-9-14(18-13)20-15-17-11-6-3-4-7-12(11)19-15/h3-9H,2,10H2,1H3,(H,16,18). The molecule has 3 nitrogen and oxygen atoms in total. The van der Waals surface area contributed by atoms with Crippen molar-refractivity contribution in [1.29, 1.82) is 0 Å². The Morgan fingerprint density at radius 1 is 1.10 bits per heavy atom. The van der Waals surface area contributed by atoms with E-state index in [9.17, 15) is 0 Å². The molecule has 3 aromatic rings. The van der Waals surface area contributed by atoms with E-state index in [-0.39, 0.29) is 0 Å². The summed E-state index contributed by atoms with van der Waals surface area (Å²) >= 11 is 3.32. The van der Waals surface area contributed by atoms with Gasteiger partial charge in [0.1, 0.15) is 10.8 Å². The molecule has 3 rings (SSSR count). The number of pyridine rings is 1. The third-order valence-corrected chi connectivity index (χ3v) is 4.78. The third-order valence-electron chi connectivity index (χ3n) is 2.75. The van der Waals surface area contributed by atoms with Crippen molar-refractivity contribution < 1.29 is 0 Å². The molecule has 0 aliphatic heterocycles. The summed E-state index contributed by atoms with van der Waals surface area (Å²) in [5.41, 5.74) is 1.06. The Labute approximate surface area is 126 Å². The minimum Gasteiger partial charge on any atom is -0.370 e. The van der Waals surface area contributed by atoms with Crippen LogP contribution in [0, 0.1) is 0 Å². The molecule has 2 heterocycles. The monoisotopic (exact) mass is 301 g/mol. The molecular weight excluding hydrogens is 286 g/mol. The summed E-state index contributed by atoms with van der Waals surface area (Å²) in [7, 11) is 0. The molecule has 2 aromatic heterocycles. The normalized spacial score (nSPS) is 10.8. The summed E-state index contributed by atoms with van der Waals surface area (Å²) < 4.78 is 2.25. The zero-order valence-corrected chi connectivity index (χ0v) is 12.8. The van der Waals surface area contributed by atoms with E-state index in [1.165, 1.54) is 4.70 Å². The Balaban J connectivity index is 1.79. The number of rotatable bonds is 5. The lowest BCUT2D eigenvalue weighted by Crippen LogP contribution is -2.01. The smallest absolute Gasteiger partial charge is 0.157 e. The number of benzene rings is 1. The van der Waals surface area contributed by atoms with E-state index >= 15 is 0 Å². The van der Waals surface area contributed by atoms with Crippen LogP contribution in [0.4, 0.5) is 5.82 Å². The van der Waals surface area contributed by atoms with E-state index in [4.69, 9.17) is 0 Å². The summed E-state index contributed by atoms with van der Waals surface area (Å²) in [6, 6.07) is 14.3. The summed E-state index contributed by atoms with van der Waals surface area (Å²) in [5.74, 6) is 0.929. The van der Waals surface area contributed by atoms with Crippen LogP contribution in [0.3, 0.4) is 0 Å². The average molecular weight is 301 g/mol. The second kappa shape index (κ2) is 6.24. The van der Waals surface area contributed by atoms with Crippen molar-refractivity contribution in [3.8, 4) is 0 Å². The van der Waals surface area contributed by atoms with Crippen molar-refractivity contribution in [2.24, 2.45) is 0 Å². The highest BCUT2D eigenvalue weighted by Crippen LogP contribution is 2.33. The van der Waals surface area contributed by atoms with Crippen molar-refractivity contribution >= 4 is 39.1 Å². The molecular formula is C15H15N3S2. The maximum Gasteiger partial charge on any atom is 0.157 e. The van der Waals surface area contributed by atoms with Gasteiger partial charge in [-0.15, -0.1) is 11.3 Å². The Hall–Kier alpha value is -1.59. The van der Waals surface area contributed by atoms with Gasteiger partial charge in [-0.25, -0.2) is 9.97 Å². The maximum absolute atomic E-state index is 4.62. The van der Waals surface area contributed by atoms with Crippen LogP contribution in [0.25, 0.3) is 10.2 Å². The Morgan fingerprint density at radius 3 is 2.85 bits per heavy atom. The molecule has 0 saturated heterocycles. The third kappa shape index (κ3) is 3.11. The highest BCUT2D eigenvalue weighted by atomic mass is 32.2. The fourth-order valence-electron chi connectivity index (χ4n) is 1.81. The molecule has 0 aliphatic rings. The number of nitrogens with zero attached hydrogens (tertiary/aromatic N) is 2. The molecule has 0 unspecified atom stereocenters. The number of nitrogens with one attached hydrogen (secondary N) is 1. The molecule has 0 aliphatic carbocycles. The SMILES string of the molecule is CCCNc1cccc(Sc2nc3ccccc3s2)n1. The number of hydrogen-bond acceptors (Lipinski definition) is 5. The van der Waals surface area contributed by atoms with Gasteiger partial charge in [0, 0.05) is 6.54 Å². The van der Waals surface area contributed by atoms with Gasteiger partial charge < -0.3 is 5.32 Å². The zero-order chi connectivity index (χ0) is 13.8. The van der Waals surface area contributed by atoms with E-state index in [2.05, 4.69) is 28.3 Å². The first-order valence-corrected chi connectivity index (χ1v) is 8.23. The van der Waals surface area contributed by atoms with Crippen LogP contribution in [0.2, 0.25) is 0 Å². The number of para-hydroxylation sites is 1. The van der Waals surface area contributed by atoms with Crippen LogP contribution in [0.5, 0.6) is 0 Å². The van der Waals surface area contributed by atoms with E-state index in [0.29, 0.717) is 0 Å². The van der Waals surface area contributed by atoms with Crippen molar-refractivity contribution in [3.63, 3.8) is 0 Å². The van der Waals surface area contributed by atoms with Crippen LogP contribution in [-0.4, -0.2) is 16.5 Å². The minimum atomic E-state index is 0.929. The minimum absolute atomic E-state index is 0.929. The van der Waals surface area contributed by atoms with Crippen LogP contribution < -0.4 is 5.32 Å². The Bertz CT molecular complexity index is 676. The molecule has 0 amide bonds. The topological polar surface area (TPSA) is 37.8 Å². The molecule has 0 fully saturated rings. The second-order valence-electron chi connectivity index (χ2n) is 4.34. The predicted molar refractivity (Wildman–Crippen MR) is 86.8 cm³/mol. The largest absolute Gasteiger partial charge is 0.370 e. The molecule has 1 aromatic carbocycles. The molecule has 20 heavy (non-hydrogen) atoms. The molecule has 102 valence electrons. The Kier molecular flexibility index (Phi) is 4.18. The predicted octanol–water partition coefficient (Wildman–Crippen LogP) is 4.66. The van der Waals surface area contributed by atoms with Gasteiger partial charge in [-0.3, -0.25) is 0 Å². The Morgan fingerprint density at radius 2 is 2.00 bits per heavy atom. The van der Waals surface area contributed by atoms with Gasteiger partial charge in [-0.05, 0) is 42.4 Å². The van der Waals surface area contributed by atoms with E-state index in [0.717, 1.165) is 33.7 Å². The number of fused-ring (bicyclic) bond motifs is 1. The van der Waals surface area contributed by atoms with Gasteiger partial charge in [-0.1, -0.05) is 25.1 Å². The molecule has 0 radical (unpaired) electrons. The summed E-state index contributed by atoms with van der Waals surface area (Å²) in [4.78, 5) is 9.22. The average Bonchev–Trinajstić information content (AvgIpc) is 2.87. The highest BCUT2D eigenvalue weighted by Gasteiger charge is 2.06. The molecule has 5 heteroatoms. The number of anilines is 1. The lowest BCUT2D eigenvalue weighted by atomic mass is 10.3. The zero-order valence-electron chi connectivity index (χ0n) is 11.2. The van der Waals surface area contributed by atoms with Gasteiger partial charge in [0.25, 0.3) is 0 Å². The van der Waals surface area contributed by atoms with Crippen LogP contribution in [0.1, 0.15) is 13.3 Å². The first-order chi connectivity index (χ1) is 9.85. The van der Waals surface area contributed by atoms with Gasteiger partial charge in [0.15, 0.2) is 4.34 Å². The molecule has 1 N–H and O–H groups in total. The van der Waals surface area contributed by atoms with E-state index < -0.39 is 0 Å². The van der Waals surface area contributed by atoms with Gasteiger partial charge in [-0.2, -0.15) is 0 Å². The van der Waals surface area contributed by atoms with Crippen molar-refractivity contribution in [2.75, 3.05) is 11.9 Å². The van der Waals surface area contributed by atoms with Crippen molar-refractivity contribution in [2.45, 2.75) is 22.7 Å². The van der Waals surface area contributed by atoms with Crippen LogP contribution in [0.15, 0.2) is 51.8 Å². The second-order valence-corrected chi connectivity index (χ2v) is 6.64. The van der Waals surface area contributed by atoms with Crippen LogP contribution >= 0.6 is 23.1 Å². The molecule has 0 atom stereocenters. The molecule has 0 spiro atoms. The first-order valence-electron chi connectivity index (χ1n) is 6.59. The molecule has 0 bridgehead atoms. The lowest BCUT2D eigenvalue weighted by molar-refractivity contribution is 0.959. The van der Waals surface area contributed by atoms with Crippen LogP contribution in [-0.2, 0) is 0 Å². The van der Waals surface area contributed by atoms with Crippen molar-refractivity contribution in [1.82, 2.24) is 9.97 Å². The number of hydrogen-bond donors (Lipinski definition) is 1. The molecule has 0 saturated carbocycles. The van der Waals surface area contributed by atoms with E-state index in [1.54, 1.807) is 23.1 Å². The summed E-state index contributed by atoms with van der Waals surface area (Å²) in [6.07, 6.45) is 1.09. The lowest BCUT2D eigenvalue weighted by Gasteiger charge is -2.04. The summed E-state index contributed by atoms with van der Waals surface area (Å²) in [5, 5.41) is 4.28. The maximum atomic E-state index is 4.62. The van der Waals surface area contributed by atoms with Crippen molar-refractivity contribution in [3.05, 3.63) is 42.5 Å². The number of aromatic nitrogens is 2.